The van der Waals surface area contributed by atoms with E-state index in [1.54, 1.807) is 0 Å². The molecule has 0 radical (unpaired) electrons. The summed E-state index contributed by atoms with van der Waals surface area (Å²) in [4.78, 5) is 0.899. The van der Waals surface area contributed by atoms with Crippen LogP contribution >= 0.6 is 15.9 Å². The molecule has 2 aromatic rings. The SMILES string of the molecule is O=S1c2c(Br)cccc2CN1c1ccccc1. The van der Waals surface area contributed by atoms with Gasteiger partial charge in [-0.05, 0) is 39.7 Å². The maximum Gasteiger partial charge on any atom is 0.154 e. The van der Waals surface area contributed by atoms with E-state index in [2.05, 4.69) is 15.9 Å². The quantitative estimate of drug-likeness (QED) is 0.790. The summed E-state index contributed by atoms with van der Waals surface area (Å²) in [7, 11) is -1.11. The van der Waals surface area contributed by atoms with Crippen LogP contribution in [-0.4, -0.2) is 4.21 Å². The minimum absolute atomic E-state index is 0.700. The number of halogens is 1. The van der Waals surface area contributed by atoms with Crippen molar-refractivity contribution in [2.24, 2.45) is 0 Å². The molecule has 1 heterocycles. The molecule has 0 aromatic heterocycles. The highest BCUT2D eigenvalue weighted by Gasteiger charge is 2.28. The number of rotatable bonds is 1. The normalized spacial score (nSPS) is 18.2. The zero-order valence-corrected chi connectivity index (χ0v) is 11.4. The van der Waals surface area contributed by atoms with E-state index in [9.17, 15) is 4.21 Å². The largest absolute Gasteiger partial charge is 0.283 e. The predicted molar refractivity (Wildman–Crippen MR) is 73.2 cm³/mol. The Hall–Kier alpha value is -1.13. The van der Waals surface area contributed by atoms with E-state index in [-0.39, 0.29) is 0 Å². The maximum absolute atomic E-state index is 12.4. The van der Waals surface area contributed by atoms with Gasteiger partial charge in [0.05, 0.1) is 11.4 Å². The van der Waals surface area contributed by atoms with E-state index < -0.39 is 11.0 Å². The summed E-state index contributed by atoms with van der Waals surface area (Å²) in [5.41, 5.74) is 2.12. The molecule has 2 nitrogen and oxygen atoms in total. The van der Waals surface area contributed by atoms with Gasteiger partial charge < -0.3 is 0 Å². The molecule has 0 aliphatic carbocycles. The number of hydrogen-bond acceptors (Lipinski definition) is 1. The smallest absolute Gasteiger partial charge is 0.154 e. The first kappa shape index (κ1) is 11.0. The summed E-state index contributed by atoms with van der Waals surface area (Å²) in [6.45, 7) is 0.700. The molecular formula is C13H10BrNOS. The molecule has 86 valence electrons. The van der Waals surface area contributed by atoms with Crippen molar-refractivity contribution in [2.45, 2.75) is 11.4 Å². The molecule has 1 unspecified atom stereocenters. The first-order chi connectivity index (χ1) is 8.27. The highest BCUT2D eigenvalue weighted by atomic mass is 79.9. The van der Waals surface area contributed by atoms with Gasteiger partial charge in [0.25, 0.3) is 0 Å². The van der Waals surface area contributed by atoms with Crippen LogP contribution < -0.4 is 4.31 Å². The summed E-state index contributed by atoms with van der Waals surface area (Å²) in [5.74, 6) is 0. The van der Waals surface area contributed by atoms with Crippen molar-refractivity contribution in [3.05, 3.63) is 58.6 Å². The van der Waals surface area contributed by atoms with Crippen molar-refractivity contribution in [1.82, 2.24) is 0 Å². The lowest BCUT2D eigenvalue weighted by Gasteiger charge is -2.15. The van der Waals surface area contributed by atoms with Crippen LogP contribution in [-0.2, 0) is 17.5 Å². The van der Waals surface area contributed by atoms with Crippen molar-refractivity contribution in [1.29, 1.82) is 0 Å². The van der Waals surface area contributed by atoms with Gasteiger partial charge in [0, 0.05) is 10.2 Å². The topological polar surface area (TPSA) is 20.3 Å². The van der Waals surface area contributed by atoms with Gasteiger partial charge >= 0.3 is 0 Å². The Bertz CT molecular complexity index is 585. The summed E-state index contributed by atoms with van der Waals surface area (Å²) in [5, 5.41) is 0. The highest BCUT2D eigenvalue weighted by Crippen LogP contribution is 2.35. The Kier molecular flexibility index (Phi) is 2.76. The maximum atomic E-state index is 12.4. The Labute approximate surface area is 111 Å². The standard InChI is InChI=1S/C13H10BrNOS/c14-12-8-4-5-10-9-15(17(16)13(10)12)11-6-2-1-3-7-11/h1-8H,9H2. The molecular weight excluding hydrogens is 298 g/mol. The first-order valence-electron chi connectivity index (χ1n) is 5.29. The molecule has 0 spiro atoms. The molecule has 0 amide bonds. The van der Waals surface area contributed by atoms with Gasteiger partial charge in [-0.1, -0.05) is 30.3 Å². The van der Waals surface area contributed by atoms with Crippen LogP contribution in [0.5, 0.6) is 0 Å². The van der Waals surface area contributed by atoms with E-state index >= 15 is 0 Å². The fourth-order valence-corrected chi connectivity index (χ4v) is 4.18. The zero-order chi connectivity index (χ0) is 11.8. The number of hydrogen-bond donors (Lipinski definition) is 0. The van der Waals surface area contributed by atoms with Crippen molar-refractivity contribution < 1.29 is 4.21 Å². The fraction of sp³-hybridized carbons (Fsp3) is 0.0769. The first-order valence-corrected chi connectivity index (χ1v) is 7.19. The van der Waals surface area contributed by atoms with Crippen molar-refractivity contribution in [2.75, 3.05) is 4.31 Å². The molecule has 0 N–H and O–H groups in total. The average molecular weight is 308 g/mol. The van der Waals surface area contributed by atoms with Gasteiger partial charge in [-0.15, -0.1) is 0 Å². The van der Waals surface area contributed by atoms with Crippen LogP contribution in [0.25, 0.3) is 0 Å². The second kappa shape index (κ2) is 4.27. The third-order valence-electron chi connectivity index (χ3n) is 2.78. The highest BCUT2D eigenvalue weighted by molar-refractivity contribution is 9.10. The average Bonchev–Trinajstić information content (AvgIpc) is 2.69. The molecule has 1 aliphatic rings. The van der Waals surface area contributed by atoms with E-state index in [1.165, 1.54) is 0 Å². The van der Waals surface area contributed by atoms with Crippen LogP contribution in [0.2, 0.25) is 0 Å². The molecule has 0 bridgehead atoms. The molecule has 0 saturated carbocycles. The number of benzene rings is 2. The third-order valence-corrected chi connectivity index (χ3v) is 5.28. The van der Waals surface area contributed by atoms with E-state index in [4.69, 9.17) is 0 Å². The Morgan fingerprint density at radius 3 is 2.53 bits per heavy atom. The second-order valence-electron chi connectivity index (χ2n) is 3.85. The van der Waals surface area contributed by atoms with Gasteiger partial charge in [0.2, 0.25) is 0 Å². The summed E-state index contributed by atoms with van der Waals surface area (Å²) >= 11 is 3.47. The minimum atomic E-state index is -1.11. The minimum Gasteiger partial charge on any atom is -0.283 e. The Morgan fingerprint density at radius 2 is 1.82 bits per heavy atom. The van der Waals surface area contributed by atoms with Crippen LogP contribution in [0.15, 0.2) is 57.9 Å². The second-order valence-corrected chi connectivity index (χ2v) is 6.05. The van der Waals surface area contributed by atoms with Crippen molar-refractivity contribution in [3.63, 3.8) is 0 Å². The van der Waals surface area contributed by atoms with Gasteiger partial charge in [0.1, 0.15) is 0 Å². The number of nitrogens with zero attached hydrogens (tertiary/aromatic N) is 1. The number of para-hydroxylation sites is 1. The molecule has 4 heteroatoms. The van der Waals surface area contributed by atoms with Gasteiger partial charge in [-0.2, -0.15) is 0 Å². The number of anilines is 1. The lowest BCUT2D eigenvalue weighted by molar-refractivity contribution is 0.683. The number of fused-ring (bicyclic) bond motifs is 1. The molecule has 0 fully saturated rings. The predicted octanol–water partition coefficient (Wildman–Crippen LogP) is 3.49. The van der Waals surface area contributed by atoms with E-state index in [1.807, 2.05) is 52.8 Å². The molecule has 1 aliphatic heterocycles. The van der Waals surface area contributed by atoms with Gasteiger partial charge in [0.15, 0.2) is 11.0 Å². The van der Waals surface area contributed by atoms with Crippen LogP contribution in [0, 0.1) is 0 Å². The summed E-state index contributed by atoms with van der Waals surface area (Å²) < 4.78 is 15.3. The van der Waals surface area contributed by atoms with Crippen molar-refractivity contribution >= 4 is 32.6 Å². The van der Waals surface area contributed by atoms with Gasteiger partial charge in [-0.25, -0.2) is 4.21 Å². The lowest BCUT2D eigenvalue weighted by Crippen LogP contribution is -2.17. The van der Waals surface area contributed by atoms with Gasteiger partial charge in [-0.3, -0.25) is 4.31 Å². The summed E-state index contributed by atoms with van der Waals surface area (Å²) in [6, 6.07) is 15.8. The van der Waals surface area contributed by atoms with Crippen LogP contribution in [0.1, 0.15) is 5.56 Å². The van der Waals surface area contributed by atoms with Crippen molar-refractivity contribution in [3.8, 4) is 0 Å². The van der Waals surface area contributed by atoms with Crippen LogP contribution in [0.3, 0.4) is 0 Å². The van der Waals surface area contributed by atoms with E-state index in [0.29, 0.717) is 6.54 Å². The molecule has 2 aromatic carbocycles. The zero-order valence-electron chi connectivity index (χ0n) is 8.97. The summed E-state index contributed by atoms with van der Waals surface area (Å²) in [6.07, 6.45) is 0. The Morgan fingerprint density at radius 1 is 1.06 bits per heavy atom. The third kappa shape index (κ3) is 1.81. The fourth-order valence-electron chi connectivity index (χ4n) is 1.98. The molecule has 17 heavy (non-hydrogen) atoms. The van der Waals surface area contributed by atoms with E-state index in [0.717, 1.165) is 20.6 Å². The monoisotopic (exact) mass is 307 g/mol. The Balaban J connectivity index is 2.06. The lowest BCUT2D eigenvalue weighted by atomic mass is 10.2. The molecule has 3 rings (SSSR count). The molecule has 1 atom stereocenters. The van der Waals surface area contributed by atoms with Crippen LogP contribution in [0.4, 0.5) is 5.69 Å². The molecule has 0 saturated heterocycles.